The van der Waals surface area contributed by atoms with E-state index in [1.807, 2.05) is 12.1 Å². The van der Waals surface area contributed by atoms with Gasteiger partial charge in [-0.2, -0.15) is 5.26 Å². The van der Waals surface area contributed by atoms with Crippen molar-refractivity contribution in [2.45, 2.75) is 11.3 Å². The van der Waals surface area contributed by atoms with E-state index in [0.717, 1.165) is 5.56 Å². The first-order chi connectivity index (χ1) is 11.0. The highest BCUT2D eigenvalue weighted by molar-refractivity contribution is 7.89. The molecule has 0 fully saturated rings. The van der Waals surface area contributed by atoms with Crippen LogP contribution in [0.4, 0.5) is 0 Å². The molecule has 0 unspecified atom stereocenters. The molecule has 0 heterocycles. The van der Waals surface area contributed by atoms with Crippen LogP contribution in [0.25, 0.3) is 0 Å². The van der Waals surface area contributed by atoms with Crippen molar-refractivity contribution in [3.8, 4) is 11.8 Å². The number of halogens is 1. The molecule has 7 heteroatoms. The summed E-state index contributed by atoms with van der Waals surface area (Å²) >= 11 is 5.75. The third-order valence-corrected chi connectivity index (χ3v) is 4.76. The van der Waals surface area contributed by atoms with Gasteiger partial charge in [0.25, 0.3) is 0 Å². The number of ether oxygens (including phenoxy) is 1. The van der Waals surface area contributed by atoms with Gasteiger partial charge < -0.3 is 4.74 Å². The number of sulfonamides is 1. The first-order valence-electron chi connectivity index (χ1n) is 6.85. The molecule has 0 aliphatic carbocycles. The Hall–Kier alpha value is -2.07. The van der Waals surface area contributed by atoms with Crippen LogP contribution in [0.5, 0.6) is 5.75 Å². The Kier molecular flexibility index (Phi) is 5.99. The average molecular weight is 351 g/mol. The summed E-state index contributed by atoms with van der Waals surface area (Å²) in [6, 6.07) is 15.1. The highest BCUT2D eigenvalue weighted by Gasteiger charge is 2.12. The van der Waals surface area contributed by atoms with Crippen molar-refractivity contribution in [3.63, 3.8) is 0 Å². The van der Waals surface area contributed by atoms with Gasteiger partial charge in [0.2, 0.25) is 10.0 Å². The van der Waals surface area contributed by atoms with E-state index in [2.05, 4.69) is 4.72 Å². The van der Waals surface area contributed by atoms with E-state index in [4.69, 9.17) is 21.6 Å². The Labute approximate surface area is 140 Å². The maximum Gasteiger partial charge on any atom is 0.240 e. The fourth-order valence-corrected chi connectivity index (χ4v) is 3.09. The Morgan fingerprint density at radius 1 is 1.17 bits per heavy atom. The van der Waals surface area contributed by atoms with Crippen LogP contribution in [0.3, 0.4) is 0 Å². The molecule has 0 amide bonds. The molecular weight excluding hydrogens is 336 g/mol. The first-order valence-corrected chi connectivity index (χ1v) is 8.71. The number of nitriles is 1. The molecule has 23 heavy (non-hydrogen) atoms. The molecule has 0 atom stereocenters. The second-order valence-electron chi connectivity index (χ2n) is 4.70. The van der Waals surface area contributed by atoms with Gasteiger partial charge in [0.15, 0.2) is 6.61 Å². The first kappa shape index (κ1) is 17.3. The van der Waals surface area contributed by atoms with Crippen LogP contribution >= 0.6 is 11.6 Å². The van der Waals surface area contributed by atoms with Gasteiger partial charge in [0.1, 0.15) is 11.8 Å². The summed E-state index contributed by atoms with van der Waals surface area (Å²) in [6.07, 6.45) is 0.510. The minimum atomic E-state index is -3.55. The van der Waals surface area contributed by atoms with Crippen molar-refractivity contribution in [3.05, 3.63) is 59.1 Å². The van der Waals surface area contributed by atoms with E-state index in [1.54, 1.807) is 18.2 Å². The molecule has 0 saturated heterocycles. The van der Waals surface area contributed by atoms with Gasteiger partial charge >= 0.3 is 0 Å². The molecule has 5 nitrogen and oxygen atoms in total. The van der Waals surface area contributed by atoms with Crippen molar-refractivity contribution in [1.29, 1.82) is 5.26 Å². The summed E-state index contributed by atoms with van der Waals surface area (Å²) in [5, 5.41) is 8.98. The minimum absolute atomic E-state index is 0.0212. The maximum atomic E-state index is 12.1. The number of rotatable bonds is 7. The summed E-state index contributed by atoms with van der Waals surface area (Å²) in [6.45, 7) is 0.235. The zero-order valence-electron chi connectivity index (χ0n) is 12.2. The SMILES string of the molecule is N#CCOc1cccc(CCNS(=O)(=O)c2ccc(Cl)cc2)c1. The summed E-state index contributed by atoms with van der Waals surface area (Å²) in [7, 11) is -3.55. The summed E-state index contributed by atoms with van der Waals surface area (Å²) in [5.41, 5.74) is 0.916. The van der Waals surface area contributed by atoms with Crippen LogP contribution in [-0.2, 0) is 16.4 Å². The predicted molar refractivity (Wildman–Crippen MR) is 87.9 cm³/mol. The number of benzene rings is 2. The molecule has 0 bridgehead atoms. The van der Waals surface area contributed by atoms with E-state index in [9.17, 15) is 8.42 Å². The second-order valence-corrected chi connectivity index (χ2v) is 6.90. The van der Waals surface area contributed by atoms with Gasteiger partial charge in [0.05, 0.1) is 4.90 Å². The van der Waals surface area contributed by atoms with Gasteiger partial charge in [-0.25, -0.2) is 13.1 Å². The van der Waals surface area contributed by atoms with Crippen LogP contribution in [-0.4, -0.2) is 21.6 Å². The molecule has 2 rings (SSSR count). The van der Waals surface area contributed by atoms with Crippen molar-refractivity contribution in [2.75, 3.05) is 13.2 Å². The molecule has 0 aromatic heterocycles. The number of nitrogens with zero attached hydrogens (tertiary/aromatic N) is 1. The zero-order valence-corrected chi connectivity index (χ0v) is 13.8. The molecule has 0 radical (unpaired) electrons. The molecule has 0 aliphatic heterocycles. The van der Waals surface area contributed by atoms with Crippen molar-refractivity contribution < 1.29 is 13.2 Å². The van der Waals surface area contributed by atoms with Crippen LogP contribution in [0.1, 0.15) is 5.56 Å². The standard InChI is InChI=1S/C16H15ClN2O3S/c17-14-4-6-16(7-5-14)23(20,21)19-10-8-13-2-1-3-15(12-13)22-11-9-18/h1-7,12,19H,8,10-11H2. The van der Waals surface area contributed by atoms with Gasteiger partial charge in [-0.3, -0.25) is 0 Å². The van der Waals surface area contributed by atoms with Crippen LogP contribution in [0.2, 0.25) is 5.02 Å². The van der Waals surface area contributed by atoms with E-state index >= 15 is 0 Å². The molecule has 0 saturated carbocycles. The Balaban J connectivity index is 1.94. The molecule has 120 valence electrons. The predicted octanol–water partition coefficient (Wildman–Crippen LogP) is 2.76. The zero-order chi connectivity index (χ0) is 16.7. The van der Waals surface area contributed by atoms with Gasteiger partial charge in [-0.05, 0) is 48.4 Å². The highest BCUT2D eigenvalue weighted by atomic mass is 35.5. The summed E-state index contributed by atoms with van der Waals surface area (Å²) < 4.78 is 32.0. The van der Waals surface area contributed by atoms with Crippen LogP contribution in [0.15, 0.2) is 53.4 Å². The van der Waals surface area contributed by atoms with Gasteiger partial charge in [-0.15, -0.1) is 0 Å². The molecular formula is C16H15ClN2O3S. The molecule has 2 aromatic carbocycles. The second kappa shape index (κ2) is 7.97. The summed E-state index contributed by atoms with van der Waals surface area (Å²) in [5.74, 6) is 0.588. The summed E-state index contributed by atoms with van der Waals surface area (Å²) in [4.78, 5) is 0.174. The van der Waals surface area contributed by atoms with E-state index in [0.29, 0.717) is 17.2 Å². The van der Waals surface area contributed by atoms with Crippen LogP contribution < -0.4 is 9.46 Å². The average Bonchev–Trinajstić information content (AvgIpc) is 2.53. The lowest BCUT2D eigenvalue weighted by atomic mass is 10.1. The van der Waals surface area contributed by atoms with E-state index in [1.165, 1.54) is 24.3 Å². The van der Waals surface area contributed by atoms with Gasteiger partial charge in [0, 0.05) is 11.6 Å². The largest absolute Gasteiger partial charge is 0.479 e. The minimum Gasteiger partial charge on any atom is -0.479 e. The lowest BCUT2D eigenvalue weighted by Gasteiger charge is -2.08. The third-order valence-electron chi connectivity index (χ3n) is 3.03. The fourth-order valence-electron chi connectivity index (χ4n) is 1.93. The number of nitrogens with one attached hydrogen (secondary N) is 1. The molecule has 0 aliphatic rings. The smallest absolute Gasteiger partial charge is 0.240 e. The third kappa shape index (κ3) is 5.25. The lowest BCUT2D eigenvalue weighted by molar-refractivity contribution is 0.368. The van der Waals surface area contributed by atoms with Crippen molar-refractivity contribution in [2.24, 2.45) is 0 Å². The molecule has 2 aromatic rings. The number of hydrogen-bond donors (Lipinski definition) is 1. The number of hydrogen-bond acceptors (Lipinski definition) is 4. The Bertz CT molecular complexity index is 799. The van der Waals surface area contributed by atoms with E-state index in [-0.39, 0.29) is 18.0 Å². The van der Waals surface area contributed by atoms with Crippen LogP contribution in [0, 0.1) is 11.3 Å². The normalized spacial score (nSPS) is 11.0. The quantitative estimate of drug-likeness (QED) is 0.832. The van der Waals surface area contributed by atoms with E-state index < -0.39 is 10.0 Å². The fraction of sp³-hybridized carbons (Fsp3) is 0.188. The van der Waals surface area contributed by atoms with Crippen molar-refractivity contribution >= 4 is 21.6 Å². The monoisotopic (exact) mass is 350 g/mol. The topological polar surface area (TPSA) is 79.2 Å². The van der Waals surface area contributed by atoms with Gasteiger partial charge in [-0.1, -0.05) is 23.7 Å². The molecule has 0 spiro atoms. The lowest BCUT2D eigenvalue weighted by Crippen LogP contribution is -2.25. The molecule has 1 N–H and O–H groups in total. The highest BCUT2D eigenvalue weighted by Crippen LogP contribution is 2.15. The maximum absolute atomic E-state index is 12.1. The van der Waals surface area contributed by atoms with Crippen molar-refractivity contribution in [1.82, 2.24) is 4.72 Å². The Morgan fingerprint density at radius 2 is 1.91 bits per heavy atom. The Morgan fingerprint density at radius 3 is 2.61 bits per heavy atom.